The van der Waals surface area contributed by atoms with Gasteiger partial charge in [-0.3, -0.25) is 0 Å². The largest absolute Gasteiger partial charge is 0.307 e. The van der Waals surface area contributed by atoms with E-state index < -0.39 is 0 Å². The molecule has 0 fully saturated rings. The van der Waals surface area contributed by atoms with E-state index in [1.165, 1.54) is 0 Å². The molecule has 0 spiro atoms. The normalized spacial score (nSPS) is 9.71. The highest BCUT2D eigenvalue weighted by atomic mass is 35.5. The molecule has 0 saturated heterocycles. The second kappa shape index (κ2) is 4.83. The Morgan fingerprint density at radius 3 is 2.47 bits per heavy atom. The highest BCUT2D eigenvalue weighted by Crippen LogP contribution is 2.22. The Morgan fingerprint density at radius 1 is 1.18 bits per heavy atom. The molecule has 5 heteroatoms. The first-order valence-electron chi connectivity index (χ1n) is 4.88. The van der Waals surface area contributed by atoms with Crippen molar-refractivity contribution in [2.24, 2.45) is 5.84 Å². The topological polar surface area (TPSA) is 74.7 Å². The van der Waals surface area contributed by atoms with Crippen LogP contribution in [0, 0.1) is 11.3 Å². The maximum Gasteiger partial charge on any atom is 0.158 e. The van der Waals surface area contributed by atoms with Crippen molar-refractivity contribution >= 4 is 17.4 Å². The lowest BCUT2D eigenvalue weighted by Crippen LogP contribution is -2.10. The van der Waals surface area contributed by atoms with Crippen LogP contribution in [0.15, 0.2) is 36.4 Å². The van der Waals surface area contributed by atoms with Crippen LogP contribution < -0.4 is 11.3 Å². The fourth-order valence-corrected chi connectivity index (χ4v) is 1.57. The molecule has 1 aromatic heterocycles. The average molecular weight is 245 g/mol. The number of hydrazine groups is 1. The number of nitrogens with two attached hydrogens (primary N) is 1. The number of nitriles is 1. The van der Waals surface area contributed by atoms with E-state index in [-0.39, 0.29) is 0 Å². The van der Waals surface area contributed by atoms with Crippen LogP contribution in [0.5, 0.6) is 0 Å². The maximum atomic E-state index is 8.84. The van der Waals surface area contributed by atoms with Gasteiger partial charge in [0.1, 0.15) is 6.07 Å². The molecule has 0 radical (unpaired) electrons. The van der Waals surface area contributed by atoms with Crippen LogP contribution in [0.4, 0.5) is 5.82 Å². The Bertz CT molecular complexity index is 572. The molecule has 17 heavy (non-hydrogen) atoms. The minimum absolute atomic E-state index is 0.361. The van der Waals surface area contributed by atoms with Gasteiger partial charge in [-0.05, 0) is 24.3 Å². The molecule has 0 saturated carbocycles. The number of hydrogen-bond acceptors (Lipinski definition) is 4. The van der Waals surface area contributed by atoms with Gasteiger partial charge in [-0.1, -0.05) is 23.7 Å². The second-order valence-corrected chi connectivity index (χ2v) is 3.79. The molecule has 0 aliphatic heterocycles. The number of anilines is 1. The molecule has 0 bridgehead atoms. The molecular weight excluding hydrogens is 236 g/mol. The third-order valence-corrected chi connectivity index (χ3v) is 2.54. The van der Waals surface area contributed by atoms with Crippen LogP contribution in [-0.4, -0.2) is 4.98 Å². The van der Waals surface area contributed by atoms with Gasteiger partial charge in [0.15, 0.2) is 5.82 Å². The first kappa shape index (κ1) is 11.4. The van der Waals surface area contributed by atoms with E-state index in [9.17, 15) is 0 Å². The van der Waals surface area contributed by atoms with Crippen LogP contribution in [0.1, 0.15) is 5.56 Å². The zero-order chi connectivity index (χ0) is 12.3. The molecule has 0 aliphatic carbocycles. The van der Waals surface area contributed by atoms with Crippen molar-refractivity contribution in [2.75, 3.05) is 5.43 Å². The summed E-state index contributed by atoms with van der Waals surface area (Å²) >= 11 is 5.81. The summed E-state index contributed by atoms with van der Waals surface area (Å²) in [4.78, 5) is 4.26. The summed E-state index contributed by atoms with van der Waals surface area (Å²) in [6, 6.07) is 12.7. The molecule has 0 unspecified atom stereocenters. The van der Waals surface area contributed by atoms with E-state index in [4.69, 9.17) is 22.7 Å². The van der Waals surface area contributed by atoms with Crippen molar-refractivity contribution in [1.82, 2.24) is 4.98 Å². The lowest BCUT2D eigenvalue weighted by molar-refractivity contribution is 1.21. The van der Waals surface area contributed by atoms with E-state index in [0.717, 1.165) is 11.3 Å². The molecule has 3 N–H and O–H groups in total. The molecule has 0 amide bonds. The average Bonchev–Trinajstić information content (AvgIpc) is 2.39. The Labute approximate surface area is 104 Å². The molecule has 0 aliphatic rings. The number of hydrogen-bond donors (Lipinski definition) is 2. The van der Waals surface area contributed by atoms with Crippen molar-refractivity contribution in [3.05, 3.63) is 47.0 Å². The molecule has 2 aromatic rings. The monoisotopic (exact) mass is 244 g/mol. The van der Waals surface area contributed by atoms with E-state index in [1.807, 2.05) is 18.2 Å². The lowest BCUT2D eigenvalue weighted by Gasteiger charge is -2.05. The number of rotatable bonds is 2. The van der Waals surface area contributed by atoms with Crippen molar-refractivity contribution < 1.29 is 0 Å². The summed E-state index contributed by atoms with van der Waals surface area (Å²) in [6.07, 6.45) is 0. The zero-order valence-electron chi connectivity index (χ0n) is 8.81. The molecular formula is C12H9ClN4. The predicted octanol–water partition coefficient (Wildman–Crippen LogP) is 2.56. The van der Waals surface area contributed by atoms with Crippen LogP contribution >= 0.6 is 11.6 Å². The fraction of sp³-hybridized carbons (Fsp3) is 0. The zero-order valence-corrected chi connectivity index (χ0v) is 9.57. The summed E-state index contributed by atoms with van der Waals surface area (Å²) in [5.74, 6) is 5.67. The van der Waals surface area contributed by atoms with E-state index >= 15 is 0 Å². The van der Waals surface area contributed by atoms with Gasteiger partial charge in [0.2, 0.25) is 0 Å². The van der Waals surface area contributed by atoms with Crippen LogP contribution in [0.2, 0.25) is 5.02 Å². The highest BCUT2D eigenvalue weighted by Gasteiger charge is 2.05. The van der Waals surface area contributed by atoms with Gasteiger partial charge in [0, 0.05) is 10.6 Å². The van der Waals surface area contributed by atoms with Crippen LogP contribution in [0.25, 0.3) is 11.3 Å². The van der Waals surface area contributed by atoms with E-state index in [0.29, 0.717) is 16.4 Å². The third kappa shape index (κ3) is 2.36. The molecule has 4 nitrogen and oxygen atoms in total. The van der Waals surface area contributed by atoms with Crippen LogP contribution in [0.3, 0.4) is 0 Å². The number of pyridine rings is 1. The molecule has 2 rings (SSSR count). The standard InChI is InChI=1S/C12H9ClN4/c13-10-4-1-8(2-5-10)11-6-3-9(7-14)12(16-11)17-15/h1-6H,15H2,(H,16,17). The number of nitrogen functional groups attached to an aromatic ring is 1. The summed E-state index contributed by atoms with van der Waals surface area (Å²) in [5, 5.41) is 9.51. The summed E-state index contributed by atoms with van der Waals surface area (Å²) in [7, 11) is 0. The number of nitrogens with one attached hydrogen (secondary N) is 1. The summed E-state index contributed by atoms with van der Waals surface area (Å²) < 4.78 is 0. The van der Waals surface area contributed by atoms with Gasteiger partial charge in [-0.2, -0.15) is 5.26 Å². The SMILES string of the molecule is N#Cc1ccc(-c2ccc(Cl)cc2)nc1NN. The van der Waals surface area contributed by atoms with Crippen molar-refractivity contribution in [2.45, 2.75) is 0 Å². The molecule has 1 aromatic carbocycles. The minimum Gasteiger partial charge on any atom is -0.307 e. The van der Waals surface area contributed by atoms with Gasteiger partial charge >= 0.3 is 0 Å². The summed E-state index contributed by atoms with van der Waals surface area (Å²) in [5.41, 5.74) is 4.46. The van der Waals surface area contributed by atoms with Gasteiger partial charge in [0.05, 0.1) is 11.3 Å². The third-order valence-electron chi connectivity index (χ3n) is 2.29. The number of aromatic nitrogens is 1. The summed E-state index contributed by atoms with van der Waals surface area (Å²) in [6.45, 7) is 0. The minimum atomic E-state index is 0.361. The quantitative estimate of drug-likeness (QED) is 0.629. The van der Waals surface area contributed by atoms with Crippen LogP contribution in [-0.2, 0) is 0 Å². The van der Waals surface area contributed by atoms with E-state index in [1.54, 1.807) is 24.3 Å². The van der Waals surface area contributed by atoms with Gasteiger partial charge in [0.25, 0.3) is 0 Å². The first-order chi connectivity index (χ1) is 8.24. The first-order valence-corrected chi connectivity index (χ1v) is 5.26. The molecule has 1 heterocycles. The Kier molecular flexibility index (Phi) is 3.24. The predicted molar refractivity (Wildman–Crippen MR) is 67.2 cm³/mol. The van der Waals surface area contributed by atoms with Gasteiger partial charge < -0.3 is 5.43 Å². The molecule has 0 atom stereocenters. The Balaban J connectivity index is 2.47. The van der Waals surface area contributed by atoms with Crippen molar-refractivity contribution in [3.8, 4) is 17.3 Å². The number of benzene rings is 1. The maximum absolute atomic E-state index is 8.84. The number of nitrogens with zero attached hydrogens (tertiary/aromatic N) is 2. The molecule has 84 valence electrons. The van der Waals surface area contributed by atoms with E-state index in [2.05, 4.69) is 10.4 Å². The highest BCUT2D eigenvalue weighted by molar-refractivity contribution is 6.30. The Morgan fingerprint density at radius 2 is 1.88 bits per heavy atom. The smallest absolute Gasteiger partial charge is 0.158 e. The van der Waals surface area contributed by atoms with Gasteiger partial charge in [-0.15, -0.1) is 0 Å². The van der Waals surface area contributed by atoms with Gasteiger partial charge in [-0.25, -0.2) is 10.8 Å². The Hall–Kier alpha value is -2.09. The lowest BCUT2D eigenvalue weighted by atomic mass is 10.1. The number of halogens is 1. The fourth-order valence-electron chi connectivity index (χ4n) is 1.44. The van der Waals surface area contributed by atoms with Crippen molar-refractivity contribution in [1.29, 1.82) is 5.26 Å². The van der Waals surface area contributed by atoms with Crippen molar-refractivity contribution in [3.63, 3.8) is 0 Å². The second-order valence-electron chi connectivity index (χ2n) is 3.36.